The van der Waals surface area contributed by atoms with Gasteiger partial charge >= 0.3 is 0 Å². The summed E-state index contributed by atoms with van der Waals surface area (Å²) in [5.74, 6) is 0.346. The fraction of sp³-hybridized carbons (Fsp3) is 0.407. The largest absolute Gasteiger partial charge is 0.369 e. The molecule has 7 N–H and O–H groups in total. The maximum Gasteiger partial charge on any atom is 0.218 e. The zero-order valence-corrected chi connectivity index (χ0v) is 22.8. The zero-order valence-electron chi connectivity index (χ0n) is 21.3. The van der Waals surface area contributed by atoms with E-state index in [9.17, 15) is 0 Å². The Bertz CT molecular complexity index is 984. The molecule has 0 saturated heterocycles. The number of anilines is 1. The number of aliphatic imine (C=N–C) groups is 2. The van der Waals surface area contributed by atoms with Crippen molar-refractivity contribution < 1.29 is 0 Å². The molecule has 2 aromatic carbocycles. The number of benzene rings is 2. The van der Waals surface area contributed by atoms with Crippen LogP contribution in [0.25, 0.3) is 0 Å². The molecule has 0 amide bonds. The van der Waals surface area contributed by atoms with Crippen LogP contribution in [0.3, 0.4) is 0 Å². The average molecular weight is 533 g/mol. The van der Waals surface area contributed by atoms with Crippen molar-refractivity contribution in [3.63, 3.8) is 0 Å². The van der Waals surface area contributed by atoms with Crippen LogP contribution in [0, 0.1) is 10.8 Å². The predicted octanol–water partition coefficient (Wildman–Crippen LogP) is 7.07. The number of guanidine groups is 2. The molecule has 0 heterocycles. The Kier molecular flexibility index (Phi) is 15.9. The summed E-state index contributed by atoms with van der Waals surface area (Å²) in [6.07, 6.45) is 8.08. The second-order valence-corrected chi connectivity index (χ2v) is 9.19. The lowest BCUT2D eigenvalue weighted by Gasteiger charge is -2.06. The first kappa shape index (κ1) is 31.1. The molecule has 0 spiro atoms. The highest BCUT2D eigenvalue weighted by Gasteiger charge is 2.04. The summed E-state index contributed by atoms with van der Waals surface area (Å²) in [6, 6.07) is 14.7. The van der Waals surface area contributed by atoms with Gasteiger partial charge in [0.15, 0.2) is 0 Å². The Labute approximate surface area is 225 Å². The summed E-state index contributed by atoms with van der Waals surface area (Å²) >= 11 is 11.6. The molecule has 0 aliphatic carbocycles. The normalized spacial score (nSPS) is 11.4. The Morgan fingerprint density at radius 1 is 0.833 bits per heavy atom. The first-order valence-electron chi connectivity index (χ1n) is 12.3. The zero-order chi connectivity index (χ0) is 26.8. The SMILES string of the molecule is CCCCCCCC(=N)CC(=N)Cc1ccc(Cl)cc1.CCN=C(N)N=C(N)Nc1ccc(Cl)cc1. The fourth-order valence-electron chi connectivity index (χ4n) is 3.23. The highest BCUT2D eigenvalue weighted by molar-refractivity contribution is 6.30. The van der Waals surface area contributed by atoms with Crippen LogP contribution in [0.2, 0.25) is 10.0 Å². The summed E-state index contributed by atoms with van der Waals surface area (Å²) in [7, 11) is 0. The van der Waals surface area contributed by atoms with Crippen molar-refractivity contribution in [2.45, 2.75) is 65.2 Å². The maximum atomic E-state index is 7.98. The van der Waals surface area contributed by atoms with Gasteiger partial charge in [0.25, 0.3) is 0 Å². The molecule has 0 fully saturated rings. The standard InChI is InChI=1S/C17H25ClN2.C10H14ClN5/c1-2-3-4-5-6-7-16(19)13-17(20)12-14-8-10-15(18)11-9-14;1-2-14-9(12)16-10(13)15-8-5-3-7(11)4-6-8/h8-11,19-20H,2-7,12-13H2,1H3;3-6H,2H2,1H3,(H5,12,13,14,15,16). The van der Waals surface area contributed by atoms with Crippen LogP contribution in [-0.4, -0.2) is 29.9 Å². The monoisotopic (exact) mass is 531 g/mol. The Morgan fingerprint density at radius 2 is 1.42 bits per heavy atom. The smallest absolute Gasteiger partial charge is 0.218 e. The quantitative estimate of drug-likeness (QED) is 0.114. The molecule has 0 bridgehead atoms. The van der Waals surface area contributed by atoms with Crippen molar-refractivity contribution in [2.24, 2.45) is 21.5 Å². The van der Waals surface area contributed by atoms with Crippen LogP contribution in [0.5, 0.6) is 0 Å². The molecular weight excluding hydrogens is 493 g/mol. The van der Waals surface area contributed by atoms with Crippen molar-refractivity contribution in [3.05, 3.63) is 64.1 Å². The van der Waals surface area contributed by atoms with E-state index in [1.54, 1.807) is 24.3 Å². The molecular formula is C27H39Cl2N7. The van der Waals surface area contributed by atoms with Crippen molar-refractivity contribution >= 4 is 52.2 Å². The number of nitrogens with one attached hydrogen (secondary N) is 3. The molecule has 2 rings (SSSR count). The summed E-state index contributed by atoms with van der Waals surface area (Å²) in [4.78, 5) is 7.75. The molecule has 0 radical (unpaired) electrons. The maximum absolute atomic E-state index is 7.98. The summed E-state index contributed by atoms with van der Waals surface area (Å²) < 4.78 is 0. The van der Waals surface area contributed by atoms with E-state index in [1.807, 2.05) is 31.2 Å². The second kappa shape index (κ2) is 18.4. The van der Waals surface area contributed by atoms with Crippen LogP contribution in [-0.2, 0) is 6.42 Å². The van der Waals surface area contributed by atoms with Crippen molar-refractivity contribution in [3.8, 4) is 0 Å². The molecule has 2 aromatic rings. The number of nitrogens with two attached hydrogens (primary N) is 2. The van der Waals surface area contributed by atoms with Gasteiger partial charge in [-0.3, -0.25) is 4.99 Å². The lowest BCUT2D eigenvalue weighted by atomic mass is 10.0. The highest BCUT2D eigenvalue weighted by Crippen LogP contribution is 2.13. The van der Waals surface area contributed by atoms with Gasteiger partial charge in [-0.25, -0.2) is 0 Å². The van der Waals surface area contributed by atoms with Crippen LogP contribution >= 0.6 is 23.2 Å². The topological polar surface area (TPSA) is 136 Å². The average Bonchev–Trinajstić information content (AvgIpc) is 2.82. The van der Waals surface area contributed by atoms with Crippen molar-refractivity contribution in [1.82, 2.24) is 0 Å². The molecule has 0 saturated carbocycles. The minimum absolute atomic E-state index is 0.154. The van der Waals surface area contributed by atoms with Crippen LogP contribution in [0.4, 0.5) is 5.69 Å². The van der Waals surface area contributed by atoms with Crippen molar-refractivity contribution in [1.29, 1.82) is 10.8 Å². The van der Waals surface area contributed by atoms with E-state index in [0.717, 1.165) is 29.1 Å². The van der Waals surface area contributed by atoms with E-state index >= 15 is 0 Å². The molecule has 9 heteroatoms. The first-order valence-corrected chi connectivity index (χ1v) is 13.0. The fourth-order valence-corrected chi connectivity index (χ4v) is 3.48. The first-order chi connectivity index (χ1) is 17.2. The van der Waals surface area contributed by atoms with Gasteiger partial charge in [0.05, 0.1) is 0 Å². The lowest BCUT2D eigenvalue weighted by molar-refractivity contribution is 0.642. The summed E-state index contributed by atoms with van der Waals surface area (Å²) in [5, 5.41) is 20.2. The van der Waals surface area contributed by atoms with Gasteiger partial charge in [-0.15, -0.1) is 0 Å². The van der Waals surface area contributed by atoms with Crippen LogP contribution < -0.4 is 16.8 Å². The van der Waals surface area contributed by atoms with Gasteiger partial charge in [0.2, 0.25) is 11.9 Å². The number of halogens is 2. The van der Waals surface area contributed by atoms with Gasteiger partial charge < -0.3 is 27.6 Å². The van der Waals surface area contributed by atoms with Crippen LogP contribution in [0.1, 0.15) is 64.4 Å². The van der Waals surface area contributed by atoms with Gasteiger partial charge in [0.1, 0.15) is 0 Å². The summed E-state index contributed by atoms with van der Waals surface area (Å²) in [5.41, 5.74) is 14.3. The number of nitrogens with zero attached hydrogens (tertiary/aromatic N) is 2. The van der Waals surface area contributed by atoms with Crippen LogP contribution in [0.15, 0.2) is 58.5 Å². The summed E-state index contributed by atoms with van der Waals surface area (Å²) in [6.45, 7) is 4.65. The van der Waals surface area contributed by atoms with Gasteiger partial charge in [-0.05, 0) is 61.7 Å². The highest BCUT2D eigenvalue weighted by atomic mass is 35.5. The lowest BCUT2D eigenvalue weighted by Crippen LogP contribution is -2.26. The molecule has 7 nitrogen and oxygen atoms in total. The Hall–Kier alpha value is -2.90. The third kappa shape index (κ3) is 15.2. The van der Waals surface area contributed by atoms with E-state index in [0.29, 0.717) is 35.8 Å². The van der Waals surface area contributed by atoms with Gasteiger partial charge in [-0.2, -0.15) is 4.99 Å². The van der Waals surface area contributed by atoms with E-state index in [2.05, 4.69) is 22.2 Å². The molecule has 0 unspecified atom stereocenters. The number of hydrogen-bond donors (Lipinski definition) is 5. The third-order valence-electron chi connectivity index (χ3n) is 5.01. The Morgan fingerprint density at radius 3 is 2.00 bits per heavy atom. The number of hydrogen-bond acceptors (Lipinski definition) is 3. The number of rotatable bonds is 12. The van der Waals surface area contributed by atoms with E-state index in [4.69, 9.17) is 45.5 Å². The van der Waals surface area contributed by atoms with E-state index < -0.39 is 0 Å². The molecule has 36 heavy (non-hydrogen) atoms. The van der Waals surface area contributed by atoms with E-state index in [-0.39, 0.29) is 11.9 Å². The minimum atomic E-state index is 0.154. The van der Waals surface area contributed by atoms with Gasteiger partial charge in [0, 0.05) is 46.5 Å². The molecule has 0 aliphatic rings. The minimum Gasteiger partial charge on any atom is -0.369 e. The third-order valence-corrected chi connectivity index (χ3v) is 5.52. The molecule has 0 aromatic heterocycles. The Balaban J connectivity index is 0.000000369. The second-order valence-electron chi connectivity index (χ2n) is 8.31. The van der Waals surface area contributed by atoms with E-state index in [1.165, 1.54) is 25.7 Å². The molecule has 0 atom stereocenters. The predicted molar refractivity (Wildman–Crippen MR) is 157 cm³/mol. The van der Waals surface area contributed by atoms with Gasteiger partial charge in [-0.1, -0.05) is 67.9 Å². The number of unbranched alkanes of at least 4 members (excludes halogenated alkanes) is 4. The van der Waals surface area contributed by atoms with Crippen molar-refractivity contribution in [2.75, 3.05) is 11.9 Å². The molecule has 196 valence electrons. The molecule has 0 aliphatic heterocycles.